The minimum atomic E-state index is -3.78. The van der Waals surface area contributed by atoms with E-state index >= 15 is 0 Å². The van der Waals surface area contributed by atoms with E-state index in [0.29, 0.717) is 6.42 Å². The zero-order valence-corrected chi connectivity index (χ0v) is 17.5. The average molecular weight is 392 g/mol. The van der Waals surface area contributed by atoms with Crippen molar-refractivity contribution < 1.29 is 12.6 Å². The van der Waals surface area contributed by atoms with Gasteiger partial charge in [-0.05, 0) is 44.0 Å². The molecule has 0 aliphatic carbocycles. The van der Waals surface area contributed by atoms with Crippen LogP contribution in [0.5, 0.6) is 0 Å². The molecule has 2 rings (SSSR count). The third-order valence-electron chi connectivity index (χ3n) is 4.81. The van der Waals surface area contributed by atoms with Gasteiger partial charge in [0.25, 0.3) is 10.1 Å². The van der Waals surface area contributed by atoms with Crippen LogP contribution in [-0.4, -0.2) is 13.0 Å². The number of benzene rings is 1. The molecule has 0 saturated carbocycles. The number of rotatable bonds is 13. The number of hydrogen-bond donors (Lipinski definition) is 0. The first-order valence-corrected chi connectivity index (χ1v) is 11.6. The van der Waals surface area contributed by atoms with Crippen molar-refractivity contribution in [3.05, 3.63) is 54.4 Å². The van der Waals surface area contributed by atoms with Crippen LogP contribution in [0, 0.1) is 6.92 Å². The molecule has 4 nitrogen and oxygen atoms in total. The SMILES string of the molecule is CCCCCCCCCCC(OS(=O)(=O)c1ccc(C)cc1)n1cccc1. The highest BCUT2D eigenvalue weighted by Gasteiger charge is 2.22. The van der Waals surface area contributed by atoms with Gasteiger partial charge in [-0.3, -0.25) is 0 Å². The van der Waals surface area contributed by atoms with E-state index in [4.69, 9.17) is 4.18 Å². The Labute approximate surface area is 164 Å². The van der Waals surface area contributed by atoms with Gasteiger partial charge in [0.15, 0.2) is 6.23 Å². The van der Waals surface area contributed by atoms with E-state index in [9.17, 15) is 8.42 Å². The van der Waals surface area contributed by atoms with E-state index in [1.54, 1.807) is 24.3 Å². The summed E-state index contributed by atoms with van der Waals surface area (Å²) in [7, 11) is -3.78. The molecule has 0 bridgehead atoms. The lowest BCUT2D eigenvalue weighted by atomic mass is 10.1. The maximum atomic E-state index is 12.6. The molecule has 0 spiro atoms. The Morgan fingerprint density at radius 3 is 2.04 bits per heavy atom. The lowest BCUT2D eigenvalue weighted by Gasteiger charge is -2.19. The van der Waals surface area contributed by atoms with Crippen molar-refractivity contribution in [2.75, 3.05) is 0 Å². The first-order chi connectivity index (χ1) is 13.0. The van der Waals surface area contributed by atoms with Crippen LogP contribution in [0.4, 0.5) is 0 Å². The molecule has 0 fully saturated rings. The third kappa shape index (κ3) is 7.51. The Morgan fingerprint density at radius 2 is 1.44 bits per heavy atom. The van der Waals surface area contributed by atoms with Crippen LogP contribution in [0.1, 0.15) is 76.5 Å². The van der Waals surface area contributed by atoms with Crippen LogP contribution < -0.4 is 0 Å². The van der Waals surface area contributed by atoms with Gasteiger partial charge in [0.1, 0.15) is 0 Å². The molecule has 5 heteroatoms. The van der Waals surface area contributed by atoms with Crippen molar-refractivity contribution in [3.63, 3.8) is 0 Å². The van der Waals surface area contributed by atoms with E-state index in [1.807, 2.05) is 36.0 Å². The summed E-state index contributed by atoms with van der Waals surface area (Å²) in [6.07, 6.45) is 13.7. The molecule has 27 heavy (non-hydrogen) atoms. The Hall–Kier alpha value is -1.59. The molecule has 0 aliphatic rings. The van der Waals surface area contributed by atoms with Crippen molar-refractivity contribution >= 4 is 10.1 Å². The minimum absolute atomic E-state index is 0.209. The zero-order valence-electron chi connectivity index (χ0n) is 16.6. The molecule has 0 aliphatic heterocycles. The quantitative estimate of drug-likeness (QED) is 0.300. The van der Waals surface area contributed by atoms with Crippen molar-refractivity contribution in [2.45, 2.75) is 82.8 Å². The molecule has 2 aromatic rings. The Bertz CT molecular complexity index is 736. The van der Waals surface area contributed by atoms with Gasteiger partial charge in [0.2, 0.25) is 0 Å². The highest BCUT2D eigenvalue weighted by atomic mass is 32.2. The second-order valence-corrected chi connectivity index (χ2v) is 8.78. The van der Waals surface area contributed by atoms with E-state index in [0.717, 1.165) is 18.4 Å². The molecule has 1 aromatic heterocycles. The second kappa shape index (κ2) is 11.3. The lowest BCUT2D eigenvalue weighted by Crippen LogP contribution is -2.17. The van der Waals surface area contributed by atoms with Crippen molar-refractivity contribution in [1.29, 1.82) is 0 Å². The van der Waals surface area contributed by atoms with Crippen LogP contribution in [0.25, 0.3) is 0 Å². The van der Waals surface area contributed by atoms with E-state index in [-0.39, 0.29) is 4.90 Å². The number of hydrogen-bond acceptors (Lipinski definition) is 3. The smallest absolute Gasteiger partial charge is 0.298 e. The van der Waals surface area contributed by atoms with Crippen LogP contribution in [0.2, 0.25) is 0 Å². The van der Waals surface area contributed by atoms with Gasteiger partial charge in [-0.15, -0.1) is 0 Å². The molecule has 0 radical (unpaired) electrons. The molecule has 1 unspecified atom stereocenters. The Balaban J connectivity index is 1.88. The standard InChI is InChI=1S/C22H33NO3S/c1-3-4-5-6-7-8-9-10-13-22(23-18-11-12-19-23)26-27(24,25)21-16-14-20(2)15-17-21/h11-12,14-19,22H,3-10,13H2,1-2H3. The third-order valence-corrected chi connectivity index (χ3v) is 6.14. The number of aryl methyl sites for hydroxylation is 1. The first-order valence-electron chi connectivity index (χ1n) is 10.2. The fourth-order valence-electron chi connectivity index (χ4n) is 3.15. The summed E-state index contributed by atoms with van der Waals surface area (Å²) in [5, 5.41) is 0. The summed E-state index contributed by atoms with van der Waals surface area (Å²) in [5.41, 5.74) is 1.02. The Morgan fingerprint density at radius 1 is 0.889 bits per heavy atom. The van der Waals surface area contributed by atoms with Gasteiger partial charge >= 0.3 is 0 Å². The van der Waals surface area contributed by atoms with Crippen molar-refractivity contribution in [2.24, 2.45) is 0 Å². The van der Waals surface area contributed by atoms with Gasteiger partial charge < -0.3 is 4.57 Å². The second-order valence-electron chi connectivity index (χ2n) is 7.21. The first kappa shape index (κ1) is 21.7. The van der Waals surface area contributed by atoms with Crippen LogP contribution in [-0.2, 0) is 14.3 Å². The molecule has 0 saturated heterocycles. The monoisotopic (exact) mass is 391 g/mol. The summed E-state index contributed by atoms with van der Waals surface area (Å²) in [4.78, 5) is 0.209. The van der Waals surface area contributed by atoms with Gasteiger partial charge in [0.05, 0.1) is 4.90 Å². The normalized spacial score (nSPS) is 13.0. The van der Waals surface area contributed by atoms with E-state index in [2.05, 4.69) is 6.92 Å². The number of nitrogens with zero attached hydrogens (tertiary/aromatic N) is 1. The van der Waals surface area contributed by atoms with Gasteiger partial charge in [-0.1, -0.05) is 69.6 Å². The van der Waals surface area contributed by atoms with Crippen molar-refractivity contribution in [1.82, 2.24) is 4.57 Å². The van der Waals surface area contributed by atoms with E-state index in [1.165, 1.54) is 38.5 Å². The van der Waals surface area contributed by atoms with Crippen LogP contribution in [0.15, 0.2) is 53.7 Å². The summed E-state index contributed by atoms with van der Waals surface area (Å²) >= 11 is 0. The highest BCUT2D eigenvalue weighted by Crippen LogP contribution is 2.25. The maximum absolute atomic E-state index is 12.6. The molecule has 0 N–H and O–H groups in total. The Kier molecular flexibility index (Phi) is 9.08. The molecule has 0 amide bonds. The summed E-state index contributed by atoms with van der Waals surface area (Å²) in [5.74, 6) is 0. The highest BCUT2D eigenvalue weighted by molar-refractivity contribution is 7.86. The van der Waals surface area contributed by atoms with E-state index < -0.39 is 16.3 Å². The predicted octanol–water partition coefficient (Wildman–Crippen LogP) is 6.23. The lowest BCUT2D eigenvalue weighted by molar-refractivity contribution is 0.127. The summed E-state index contributed by atoms with van der Waals surface area (Å²) < 4.78 is 32.7. The maximum Gasteiger partial charge on any atom is 0.298 e. The molecule has 150 valence electrons. The molecular formula is C22H33NO3S. The van der Waals surface area contributed by atoms with Gasteiger partial charge in [-0.25, -0.2) is 4.18 Å². The predicted molar refractivity (Wildman–Crippen MR) is 110 cm³/mol. The largest absolute Gasteiger partial charge is 0.327 e. The van der Waals surface area contributed by atoms with Crippen LogP contribution >= 0.6 is 0 Å². The topological polar surface area (TPSA) is 48.3 Å². The molecule has 1 aromatic carbocycles. The number of aromatic nitrogens is 1. The minimum Gasteiger partial charge on any atom is -0.327 e. The van der Waals surface area contributed by atoms with Crippen molar-refractivity contribution in [3.8, 4) is 0 Å². The molecule has 1 heterocycles. The van der Waals surface area contributed by atoms with Gasteiger partial charge in [-0.2, -0.15) is 8.42 Å². The van der Waals surface area contributed by atoms with Gasteiger partial charge in [0, 0.05) is 12.4 Å². The molecular weight excluding hydrogens is 358 g/mol. The summed E-state index contributed by atoms with van der Waals surface area (Å²) in [6, 6.07) is 10.6. The zero-order chi connectivity index (χ0) is 19.5. The van der Waals surface area contributed by atoms with Crippen LogP contribution in [0.3, 0.4) is 0 Å². The average Bonchev–Trinajstić information content (AvgIpc) is 3.18. The summed E-state index contributed by atoms with van der Waals surface area (Å²) in [6.45, 7) is 4.16. The fraction of sp³-hybridized carbons (Fsp3) is 0.545. The fourth-order valence-corrected chi connectivity index (χ4v) is 4.21. The number of unbranched alkanes of at least 4 members (excludes halogenated alkanes) is 7. The molecule has 1 atom stereocenters.